The summed E-state index contributed by atoms with van der Waals surface area (Å²) >= 11 is 0. The van der Waals surface area contributed by atoms with Gasteiger partial charge in [0.15, 0.2) is 0 Å². The van der Waals surface area contributed by atoms with Crippen LogP contribution >= 0.6 is 0 Å². The molecule has 5 heteroatoms. The predicted octanol–water partition coefficient (Wildman–Crippen LogP) is 1.62. The molecule has 0 saturated carbocycles. The van der Waals surface area contributed by atoms with Crippen LogP contribution in [0.15, 0.2) is 43.0 Å². The number of hydrogen-bond donors (Lipinski definition) is 2. The van der Waals surface area contributed by atoms with E-state index in [1.54, 1.807) is 24.7 Å². The van der Waals surface area contributed by atoms with E-state index in [4.69, 9.17) is 5.11 Å². The lowest BCUT2D eigenvalue weighted by molar-refractivity contribution is 0.0945. The highest BCUT2D eigenvalue weighted by atomic mass is 16.3. The Balaban J connectivity index is 1.94. The van der Waals surface area contributed by atoms with Gasteiger partial charge in [0.2, 0.25) is 0 Å². The minimum Gasteiger partial charge on any atom is -0.396 e. The van der Waals surface area contributed by atoms with E-state index in [9.17, 15) is 4.79 Å². The van der Waals surface area contributed by atoms with Crippen molar-refractivity contribution < 1.29 is 9.90 Å². The quantitative estimate of drug-likeness (QED) is 0.840. The summed E-state index contributed by atoms with van der Waals surface area (Å²) in [6.45, 7) is 2.72. The van der Waals surface area contributed by atoms with E-state index in [-0.39, 0.29) is 18.4 Å². The van der Waals surface area contributed by atoms with Crippen molar-refractivity contribution in [3.63, 3.8) is 0 Å². The van der Waals surface area contributed by atoms with Crippen molar-refractivity contribution in [2.75, 3.05) is 13.2 Å². The summed E-state index contributed by atoms with van der Waals surface area (Å²) in [7, 11) is 0. The molecule has 2 rings (SSSR count). The monoisotopic (exact) mass is 273 g/mol. The Labute approximate surface area is 118 Å². The second kappa shape index (κ2) is 6.86. The molecule has 0 bridgehead atoms. The highest BCUT2D eigenvalue weighted by Crippen LogP contribution is 2.09. The average Bonchev–Trinajstić information content (AvgIpc) is 2.99. The summed E-state index contributed by atoms with van der Waals surface area (Å²) in [6, 6.07) is 7.35. The highest BCUT2D eigenvalue weighted by Gasteiger charge is 2.07. The molecule has 1 unspecified atom stereocenters. The number of rotatable bonds is 6. The van der Waals surface area contributed by atoms with Crippen LogP contribution in [0.3, 0.4) is 0 Å². The van der Waals surface area contributed by atoms with Crippen LogP contribution in [0.5, 0.6) is 0 Å². The number of hydrogen-bond acceptors (Lipinski definition) is 3. The number of nitrogens with zero attached hydrogens (tertiary/aromatic N) is 2. The van der Waals surface area contributed by atoms with Crippen LogP contribution in [0.25, 0.3) is 5.69 Å². The number of aliphatic hydroxyl groups excluding tert-OH is 1. The van der Waals surface area contributed by atoms with Crippen molar-refractivity contribution in [3.05, 3.63) is 48.5 Å². The van der Waals surface area contributed by atoms with Crippen molar-refractivity contribution >= 4 is 5.91 Å². The maximum absolute atomic E-state index is 12.0. The van der Waals surface area contributed by atoms with Crippen molar-refractivity contribution in [1.82, 2.24) is 14.9 Å². The molecule has 0 aliphatic carbocycles. The van der Waals surface area contributed by atoms with Gasteiger partial charge in [0, 0.05) is 36.8 Å². The van der Waals surface area contributed by atoms with Gasteiger partial charge in [0.1, 0.15) is 0 Å². The van der Waals surface area contributed by atoms with Crippen molar-refractivity contribution in [2.45, 2.75) is 13.3 Å². The molecule has 1 aromatic heterocycles. The van der Waals surface area contributed by atoms with E-state index in [0.717, 1.165) is 5.69 Å². The maximum Gasteiger partial charge on any atom is 0.251 e. The summed E-state index contributed by atoms with van der Waals surface area (Å²) in [4.78, 5) is 15.9. The predicted molar refractivity (Wildman–Crippen MR) is 76.8 cm³/mol. The minimum absolute atomic E-state index is 0.0908. The zero-order valence-corrected chi connectivity index (χ0v) is 11.5. The van der Waals surface area contributed by atoms with E-state index >= 15 is 0 Å². The van der Waals surface area contributed by atoms with Crippen molar-refractivity contribution in [1.29, 1.82) is 0 Å². The van der Waals surface area contributed by atoms with E-state index < -0.39 is 0 Å². The molecule has 0 aliphatic heterocycles. The Kier molecular flexibility index (Phi) is 4.90. The van der Waals surface area contributed by atoms with E-state index in [1.807, 2.05) is 29.8 Å². The second-order valence-electron chi connectivity index (χ2n) is 4.84. The van der Waals surface area contributed by atoms with Crippen LogP contribution < -0.4 is 5.32 Å². The number of benzene rings is 1. The molecular formula is C15H19N3O2. The first-order valence-corrected chi connectivity index (χ1v) is 6.68. The summed E-state index contributed by atoms with van der Waals surface area (Å²) < 4.78 is 1.88. The standard InChI is InChI=1S/C15H19N3O2/c1-12(6-9-19)10-17-15(20)13-2-4-14(5-3-13)18-8-7-16-11-18/h2-5,7-8,11-12,19H,6,9-10H2,1H3,(H,17,20). The average molecular weight is 273 g/mol. The minimum atomic E-state index is -0.0908. The lowest BCUT2D eigenvalue weighted by Gasteiger charge is -2.11. The van der Waals surface area contributed by atoms with E-state index in [2.05, 4.69) is 10.3 Å². The summed E-state index contributed by atoms with van der Waals surface area (Å²) in [5.41, 5.74) is 1.60. The van der Waals surface area contributed by atoms with Crippen LogP contribution in [-0.2, 0) is 0 Å². The van der Waals surface area contributed by atoms with Gasteiger partial charge in [-0.15, -0.1) is 0 Å². The molecular weight excluding hydrogens is 254 g/mol. The molecule has 106 valence electrons. The van der Waals surface area contributed by atoms with Gasteiger partial charge in [-0.05, 0) is 36.6 Å². The molecule has 0 radical (unpaired) electrons. The Morgan fingerprint density at radius 3 is 2.75 bits per heavy atom. The highest BCUT2D eigenvalue weighted by molar-refractivity contribution is 5.94. The summed E-state index contributed by atoms with van der Waals surface area (Å²) in [5, 5.41) is 11.7. The normalized spacial score (nSPS) is 12.1. The number of aliphatic hydroxyl groups is 1. The first-order chi connectivity index (χ1) is 9.70. The molecule has 2 N–H and O–H groups in total. The third-order valence-electron chi connectivity index (χ3n) is 3.17. The summed E-state index contributed by atoms with van der Waals surface area (Å²) in [6.07, 6.45) is 5.97. The molecule has 20 heavy (non-hydrogen) atoms. The van der Waals surface area contributed by atoms with Crippen LogP contribution in [-0.4, -0.2) is 33.7 Å². The Morgan fingerprint density at radius 2 is 2.15 bits per heavy atom. The van der Waals surface area contributed by atoms with Crippen LogP contribution in [0.4, 0.5) is 0 Å². The van der Waals surface area contributed by atoms with E-state index in [0.29, 0.717) is 18.5 Å². The van der Waals surface area contributed by atoms with Gasteiger partial charge >= 0.3 is 0 Å². The molecule has 0 spiro atoms. The lowest BCUT2D eigenvalue weighted by atomic mass is 10.1. The van der Waals surface area contributed by atoms with Crippen molar-refractivity contribution in [3.8, 4) is 5.69 Å². The second-order valence-corrected chi connectivity index (χ2v) is 4.84. The Bertz CT molecular complexity index is 535. The molecule has 0 saturated heterocycles. The number of carbonyl (C=O) groups excluding carboxylic acids is 1. The first kappa shape index (κ1) is 14.3. The number of nitrogens with one attached hydrogen (secondary N) is 1. The molecule has 0 fully saturated rings. The molecule has 1 atom stereocenters. The van der Waals surface area contributed by atoms with E-state index in [1.165, 1.54) is 0 Å². The molecule has 1 amide bonds. The zero-order valence-electron chi connectivity index (χ0n) is 11.5. The molecule has 1 aromatic carbocycles. The smallest absolute Gasteiger partial charge is 0.251 e. The molecule has 2 aromatic rings. The number of aromatic nitrogens is 2. The Hall–Kier alpha value is -2.14. The number of amides is 1. The van der Waals surface area contributed by atoms with Gasteiger partial charge in [-0.3, -0.25) is 4.79 Å². The fourth-order valence-electron chi connectivity index (χ4n) is 1.89. The number of imidazole rings is 1. The van der Waals surface area contributed by atoms with Gasteiger partial charge in [0.05, 0.1) is 6.33 Å². The van der Waals surface area contributed by atoms with Crippen LogP contribution in [0, 0.1) is 5.92 Å². The fraction of sp³-hybridized carbons (Fsp3) is 0.333. The third kappa shape index (κ3) is 3.68. The zero-order chi connectivity index (χ0) is 14.4. The largest absolute Gasteiger partial charge is 0.396 e. The maximum atomic E-state index is 12.0. The lowest BCUT2D eigenvalue weighted by Crippen LogP contribution is -2.28. The van der Waals surface area contributed by atoms with Gasteiger partial charge in [-0.2, -0.15) is 0 Å². The van der Waals surface area contributed by atoms with Gasteiger partial charge < -0.3 is 15.0 Å². The molecule has 0 aliphatic rings. The third-order valence-corrected chi connectivity index (χ3v) is 3.17. The van der Waals surface area contributed by atoms with Gasteiger partial charge in [-0.25, -0.2) is 4.98 Å². The molecule has 1 heterocycles. The molecule has 5 nitrogen and oxygen atoms in total. The number of carbonyl (C=O) groups is 1. The Morgan fingerprint density at radius 1 is 1.40 bits per heavy atom. The SMILES string of the molecule is CC(CCO)CNC(=O)c1ccc(-n2ccnc2)cc1. The van der Waals surface area contributed by atoms with Crippen LogP contribution in [0.2, 0.25) is 0 Å². The van der Waals surface area contributed by atoms with Crippen LogP contribution in [0.1, 0.15) is 23.7 Å². The fourth-order valence-corrected chi connectivity index (χ4v) is 1.89. The van der Waals surface area contributed by atoms with Gasteiger partial charge in [0.25, 0.3) is 5.91 Å². The van der Waals surface area contributed by atoms with Gasteiger partial charge in [-0.1, -0.05) is 6.92 Å². The van der Waals surface area contributed by atoms with Crippen molar-refractivity contribution in [2.24, 2.45) is 5.92 Å². The first-order valence-electron chi connectivity index (χ1n) is 6.68. The topological polar surface area (TPSA) is 67.2 Å². The summed E-state index contributed by atoms with van der Waals surface area (Å²) in [5.74, 6) is 0.182.